The molecule has 98 valence electrons. The first-order valence-corrected chi connectivity index (χ1v) is 7.19. The van der Waals surface area contributed by atoms with Crippen molar-refractivity contribution < 1.29 is 4.79 Å². The Kier molecular flexibility index (Phi) is 4.08. The van der Waals surface area contributed by atoms with Crippen LogP contribution in [0.15, 0.2) is 0 Å². The second-order valence-electron chi connectivity index (χ2n) is 5.67. The molecule has 2 rings (SSSR count). The van der Waals surface area contributed by atoms with Gasteiger partial charge in [-0.05, 0) is 50.7 Å². The quantitative estimate of drug-likeness (QED) is 0.735. The molecule has 0 radical (unpaired) electrons. The minimum absolute atomic E-state index is 0.339. The zero-order valence-electron chi connectivity index (χ0n) is 11.4. The van der Waals surface area contributed by atoms with E-state index in [-0.39, 0.29) is 0 Å². The summed E-state index contributed by atoms with van der Waals surface area (Å²) in [6, 6.07) is 0. The van der Waals surface area contributed by atoms with Crippen molar-refractivity contribution in [2.75, 3.05) is 32.7 Å². The average molecular weight is 238 g/mol. The molecule has 2 heterocycles. The highest BCUT2D eigenvalue weighted by Gasteiger charge is 2.37. The fraction of sp³-hybridized carbons (Fsp3) is 0.929. The number of hydrogen-bond donors (Lipinski definition) is 0. The van der Waals surface area contributed by atoms with Gasteiger partial charge in [0.25, 0.3) is 0 Å². The third-order valence-electron chi connectivity index (χ3n) is 4.84. The van der Waals surface area contributed by atoms with Crippen LogP contribution in [0.2, 0.25) is 0 Å². The predicted molar refractivity (Wildman–Crippen MR) is 69.9 cm³/mol. The zero-order valence-corrected chi connectivity index (χ0v) is 11.4. The van der Waals surface area contributed by atoms with Gasteiger partial charge in [-0.25, -0.2) is 0 Å². The minimum Gasteiger partial charge on any atom is -0.343 e. The lowest BCUT2D eigenvalue weighted by Gasteiger charge is -2.46. The highest BCUT2D eigenvalue weighted by Crippen LogP contribution is 2.41. The van der Waals surface area contributed by atoms with E-state index in [2.05, 4.69) is 16.7 Å². The van der Waals surface area contributed by atoms with Crippen LogP contribution in [0.4, 0.5) is 0 Å². The van der Waals surface area contributed by atoms with Crippen molar-refractivity contribution in [1.82, 2.24) is 9.80 Å². The van der Waals surface area contributed by atoms with Crippen molar-refractivity contribution in [1.29, 1.82) is 0 Å². The van der Waals surface area contributed by atoms with Crippen molar-refractivity contribution in [2.45, 2.75) is 46.0 Å². The molecule has 17 heavy (non-hydrogen) atoms. The summed E-state index contributed by atoms with van der Waals surface area (Å²) in [7, 11) is 0. The Hall–Kier alpha value is -0.570. The van der Waals surface area contributed by atoms with E-state index in [9.17, 15) is 4.79 Å². The van der Waals surface area contributed by atoms with Gasteiger partial charge in [-0.15, -0.1) is 0 Å². The summed E-state index contributed by atoms with van der Waals surface area (Å²) in [6.07, 6.45) is 5.81. The molecule has 2 saturated heterocycles. The molecule has 0 aromatic rings. The maximum atomic E-state index is 11.7. The predicted octanol–water partition coefficient (Wildman–Crippen LogP) is 2.12. The molecule has 0 N–H and O–H groups in total. The molecule has 2 aliphatic heterocycles. The molecule has 1 amide bonds. The molecule has 3 heteroatoms. The highest BCUT2D eigenvalue weighted by atomic mass is 16.2. The Balaban J connectivity index is 1.84. The summed E-state index contributed by atoms with van der Waals surface area (Å²) in [5.74, 6) is 0.339. The molecule has 0 aromatic carbocycles. The summed E-state index contributed by atoms with van der Waals surface area (Å²) in [4.78, 5) is 16.3. The molecule has 0 aromatic heterocycles. The lowest BCUT2D eigenvalue weighted by Crippen LogP contribution is -2.48. The van der Waals surface area contributed by atoms with Gasteiger partial charge in [0.15, 0.2) is 0 Å². The molecule has 0 aliphatic carbocycles. The smallest absolute Gasteiger partial charge is 0.222 e. The molecule has 1 spiro atoms. The van der Waals surface area contributed by atoms with E-state index in [1.807, 2.05) is 6.92 Å². The van der Waals surface area contributed by atoms with Crippen molar-refractivity contribution >= 4 is 5.91 Å². The molecular formula is C14H26N2O. The van der Waals surface area contributed by atoms with E-state index in [1.54, 1.807) is 0 Å². The van der Waals surface area contributed by atoms with Gasteiger partial charge >= 0.3 is 0 Å². The number of amides is 1. The Morgan fingerprint density at radius 3 is 2.00 bits per heavy atom. The topological polar surface area (TPSA) is 23.6 Å². The second-order valence-corrected chi connectivity index (χ2v) is 5.67. The fourth-order valence-electron chi connectivity index (χ4n) is 3.30. The van der Waals surface area contributed by atoms with Gasteiger partial charge in [0.05, 0.1) is 0 Å². The average Bonchev–Trinajstić information content (AvgIpc) is 2.40. The van der Waals surface area contributed by atoms with Gasteiger partial charge in [-0.3, -0.25) is 4.79 Å². The Bertz CT molecular complexity index is 259. The normalized spacial score (nSPS) is 25.2. The van der Waals surface area contributed by atoms with Crippen molar-refractivity contribution in [3.05, 3.63) is 0 Å². The van der Waals surface area contributed by atoms with E-state index < -0.39 is 0 Å². The highest BCUT2D eigenvalue weighted by molar-refractivity contribution is 5.75. The first-order chi connectivity index (χ1) is 8.19. The summed E-state index contributed by atoms with van der Waals surface area (Å²) in [6.45, 7) is 9.93. The summed E-state index contributed by atoms with van der Waals surface area (Å²) < 4.78 is 0. The molecule has 0 unspecified atom stereocenters. The van der Waals surface area contributed by atoms with Crippen molar-refractivity contribution in [3.63, 3.8) is 0 Å². The number of nitrogens with zero attached hydrogens (tertiary/aromatic N) is 2. The number of carbonyl (C=O) groups excluding carboxylic acids is 1. The molecular weight excluding hydrogens is 212 g/mol. The zero-order chi connectivity index (χ0) is 12.3. The summed E-state index contributed by atoms with van der Waals surface area (Å²) >= 11 is 0. The first-order valence-electron chi connectivity index (χ1n) is 7.19. The van der Waals surface area contributed by atoms with Crippen molar-refractivity contribution in [2.24, 2.45) is 5.41 Å². The lowest BCUT2D eigenvalue weighted by molar-refractivity contribution is -0.133. The van der Waals surface area contributed by atoms with Crippen LogP contribution in [0.5, 0.6) is 0 Å². The maximum absolute atomic E-state index is 11.7. The SMILES string of the molecule is CCC(=O)N1CCC2(CCN(CC)CC2)CC1. The van der Waals surface area contributed by atoms with Crippen molar-refractivity contribution in [3.8, 4) is 0 Å². The maximum Gasteiger partial charge on any atom is 0.222 e. The van der Waals surface area contributed by atoms with Gasteiger partial charge in [0, 0.05) is 19.5 Å². The van der Waals surface area contributed by atoms with Gasteiger partial charge < -0.3 is 9.80 Å². The second kappa shape index (κ2) is 5.38. The fourth-order valence-corrected chi connectivity index (χ4v) is 3.30. The number of likely N-dealkylation sites (tertiary alicyclic amines) is 2. The number of carbonyl (C=O) groups is 1. The third-order valence-corrected chi connectivity index (χ3v) is 4.84. The van der Waals surface area contributed by atoms with E-state index in [4.69, 9.17) is 0 Å². The molecule has 2 fully saturated rings. The third kappa shape index (κ3) is 2.82. The van der Waals surface area contributed by atoms with E-state index in [0.29, 0.717) is 17.7 Å². The molecule has 3 nitrogen and oxygen atoms in total. The van der Waals surface area contributed by atoms with Crippen LogP contribution in [0.3, 0.4) is 0 Å². The number of hydrogen-bond acceptors (Lipinski definition) is 2. The Morgan fingerprint density at radius 1 is 1.00 bits per heavy atom. The lowest BCUT2D eigenvalue weighted by atomic mass is 9.71. The van der Waals surface area contributed by atoms with Gasteiger partial charge in [0.1, 0.15) is 0 Å². The van der Waals surface area contributed by atoms with Crippen LogP contribution in [-0.4, -0.2) is 48.4 Å². The van der Waals surface area contributed by atoms with Crippen LogP contribution in [0.25, 0.3) is 0 Å². The summed E-state index contributed by atoms with van der Waals surface area (Å²) in [5, 5.41) is 0. The van der Waals surface area contributed by atoms with Crippen LogP contribution in [0.1, 0.15) is 46.0 Å². The largest absolute Gasteiger partial charge is 0.343 e. The van der Waals surface area contributed by atoms with E-state index in [1.165, 1.54) is 45.3 Å². The van der Waals surface area contributed by atoms with E-state index in [0.717, 1.165) is 13.1 Å². The molecule has 0 bridgehead atoms. The van der Waals surface area contributed by atoms with Gasteiger partial charge in [0.2, 0.25) is 5.91 Å². The standard InChI is InChI=1S/C14H26N2O/c1-3-13(17)16-11-7-14(8-12-16)5-9-15(4-2)10-6-14/h3-12H2,1-2H3. The monoisotopic (exact) mass is 238 g/mol. The number of rotatable bonds is 2. The molecule has 0 atom stereocenters. The van der Waals surface area contributed by atoms with Crippen LogP contribution >= 0.6 is 0 Å². The van der Waals surface area contributed by atoms with Gasteiger partial charge in [-0.2, -0.15) is 0 Å². The molecule has 0 saturated carbocycles. The summed E-state index contributed by atoms with van der Waals surface area (Å²) in [5.41, 5.74) is 0.566. The molecule has 2 aliphatic rings. The first kappa shape index (κ1) is 12.9. The van der Waals surface area contributed by atoms with Crippen LogP contribution < -0.4 is 0 Å². The number of piperidine rings is 2. The minimum atomic E-state index is 0.339. The Morgan fingerprint density at radius 2 is 1.53 bits per heavy atom. The van der Waals surface area contributed by atoms with Crippen LogP contribution in [0, 0.1) is 5.41 Å². The Labute approximate surface area is 105 Å². The van der Waals surface area contributed by atoms with Gasteiger partial charge in [-0.1, -0.05) is 13.8 Å². The van der Waals surface area contributed by atoms with Crippen LogP contribution in [-0.2, 0) is 4.79 Å². The van der Waals surface area contributed by atoms with E-state index >= 15 is 0 Å².